The van der Waals surface area contributed by atoms with Crippen molar-refractivity contribution in [1.82, 2.24) is 34.4 Å². The van der Waals surface area contributed by atoms with Crippen molar-refractivity contribution in [3.63, 3.8) is 0 Å². The van der Waals surface area contributed by atoms with Crippen LogP contribution in [0.3, 0.4) is 0 Å². The van der Waals surface area contributed by atoms with E-state index in [-0.39, 0.29) is 54.3 Å². The molecule has 0 saturated carbocycles. The van der Waals surface area contributed by atoms with Crippen molar-refractivity contribution >= 4 is 75.2 Å². The van der Waals surface area contributed by atoms with Gasteiger partial charge in [0.25, 0.3) is 0 Å². The number of aromatic nitrogens is 4. The Hall–Kier alpha value is -5.66. The van der Waals surface area contributed by atoms with Gasteiger partial charge in [-0.25, -0.2) is 0 Å². The molecular formula is C52H59ClF3N10O3PS. The highest BCUT2D eigenvalue weighted by molar-refractivity contribution is 7.70. The van der Waals surface area contributed by atoms with Crippen LogP contribution in [0.5, 0.6) is 0 Å². The number of hydrogen-bond donors (Lipinski definition) is 3. The number of amides is 2. The molecule has 3 atom stereocenters. The second-order valence-electron chi connectivity index (χ2n) is 19.6. The minimum absolute atomic E-state index is 0.0293. The number of rotatable bonds is 13. The van der Waals surface area contributed by atoms with Gasteiger partial charge < -0.3 is 30.0 Å². The molecule has 3 aliphatic heterocycles. The molecule has 374 valence electrons. The normalized spacial score (nSPS) is 19.7. The fraction of sp³-hybridized carbons (Fsp3) is 0.442. The Balaban J connectivity index is 0.760. The predicted molar refractivity (Wildman–Crippen MR) is 278 cm³/mol. The fourth-order valence-electron chi connectivity index (χ4n) is 9.95. The molecule has 3 aromatic heterocycles. The molecule has 5 aromatic rings. The van der Waals surface area contributed by atoms with Crippen molar-refractivity contribution in [1.29, 1.82) is 0 Å². The Bertz CT molecular complexity index is 3050. The number of alkyl halides is 3. The molecule has 2 amide bonds. The molecule has 2 saturated heterocycles. The maximum atomic E-state index is 13.9. The number of thiophene rings is 1. The first-order valence-electron chi connectivity index (χ1n) is 24.1. The van der Waals surface area contributed by atoms with E-state index in [1.54, 1.807) is 55.0 Å². The number of nitrogens with one attached hydrogen (secondary N) is 3. The van der Waals surface area contributed by atoms with Crippen LogP contribution < -0.4 is 21.3 Å². The van der Waals surface area contributed by atoms with Crippen LogP contribution in [0.1, 0.15) is 65.6 Å². The van der Waals surface area contributed by atoms with E-state index in [0.717, 1.165) is 57.2 Å². The molecule has 0 spiro atoms. The summed E-state index contributed by atoms with van der Waals surface area (Å²) >= 11 is 8.08. The van der Waals surface area contributed by atoms with Gasteiger partial charge in [0.2, 0.25) is 11.8 Å². The molecule has 4 aliphatic rings. The van der Waals surface area contributed by atoms with Gasteiger partial charge in [0, 0.05) is 88.1 Å². The van der Waals surface area contributed by atoms with E-state index < -0.39 is 25.9 Å². The van der Waals surface area contributed by atoms with Crippen LogP contribution in [-0.4, -0.2) is 118 Å². The Morgan fingerprint density at radius 2 is 1.77 bits per heavy atom. The molecule has 2 fully saturated rings. The number of likely N-dealkylation sites (tertiary alicyclic amines) is 2. The molecule has 1 aliphatic carbocycles. The number of fused-ring (bicyclic) bond motifs is 4. The number of carbonyl (C=O) groups is 2. The molecule has 0 bridgehead atoms. The summed E-state index contributed by atoms with van der Waals surface area (Å²) in [4.78, 5) is 37.6. The van der Waals surface area contributed by atoms with E-state index in [4.69, 9.17) is 16.6 Å². The lowest BCUT2D eigenvalue weighted by atomic mass is 9.82. The van der Waals surface area contributed by atoms with Gasteiger partial charge in [0.15, 0.2) is 5.82 Å². The van der Waals surface area contributed by atoms with Gasteiger partial charge in [-0.15, -0.1) is 21.5 Å². The molecule has 19 heteroatoms. The number of allylic oxidation sites excluding steroid dienone is 4. The quantitative estimate of drug-likeness (QED) is 0.0786. The van der Waals surface area contributed by atoms with E-state index in [1.807, 2.05) is 42.2 Å². The van der Waals surface area contributed by atoms with Gasteiger partial charge >= 0.3 is 6.18 Å². The summed E-state index contributed by atoms with van der Waals surface area (Å²) < 4.78 is 57.3. The van der Waals surface area contributed by atoms with Crippen LogP contribution >= 0.6 is 30.1 Å². The van der Waals surface area contributed by atoms with Crippen molar-refractivity contribution in [3.8, 4) is 16.8 Å². The largest absolute Gasteiger partial charge is 0.406 e. The summed E-state index contributed by atoms with van der Waals surface area (Å²) in [6.45, 7) is 14.0. The third-order valence-corrected chi connectivity index (χ3v) is 17.0. The van der Waals surface area contributed by atoms with Gasteiger partial charge in [-0.2, -0.15) is 13.2 Å². The van der Waals surface area contributed by atoms with Gasteiger partial charge in [-0.1, -0.05) is 42.7 Å². The molecule has 13 nitrogen and oxygen atoms in total. The number of hydrogen-bond acceptors (Lipinski definition) is 10. The van der Waals surface area contributed by atoms with Crippen LogP contribution in [0.25, 0.3) is 15.9 Å². The first-order chi connectivity index (χ1) is 33.8. The van der Waals surface area contributed by atoms with Crippen LogP contribution in [-0.2, 0) is 20.7 Å². The van der Waals surface area contributed by atoms with Crippen molar-refractivity contribution in [3.05, 3.63) is 105 Å². The Kier molecular flexibility index (Phi) is 14.5. The predicted octanol–water partition coefficient (Wildman–Crippen LogP) is 8.81. The van der Waals surface area contributed by atoms with Gasteiger partial charge in [0.1, 0.15) is 30.6 Å². The summed E-state index contributed by atoms with van der Waals surface area (Å²) in [5, 5.41) is 22.0. The van der Waals surface area contributed by atoms with Gasteiger partial charge in [-0.3, -0.25) is 24.0 Å². The van der Waals surface area contributed by atoms with Crippen molar-refractivity contribution < 1.29 is 27.3 Å². The second-order valence-corrected chi connectivity index (χ2v) is 24.5. The number of carbonyl (C=O) groups excluding carboxylic acids is 2. The zero-order valence-corrected chi connectivity index (χ0v) is 43.2. The number of nitrogens with zero attached hydrogens (tertiary/aromatic N) is 7. The van der Waals surface area contributed by atoms with E-state index in [2.05, 4.69) is 74.3 Å². The van der Waals surface area contributed by atoms with Crippen LogP contribution in [0.15, 0.2) is 76.8 Å². The summed E-state index contributed by atoms with van der Waals surface area (Å²) in [6.07, 6.45) is 3.24. The number of aryl methyl sites for hydroxylation is 2. The third-order valence-electron chi connectivity index (χ3n) is 14.0. The van der Waals surface area contributed by atoms with E-state index >= 15 is 0 Å². The zero-order valence-electron chi connectivity index (χ0n) is 40.7. The smallest absolute Gasteiger partial charge is 0.382 e. The Morgan fingerprint density at radius 1 is 1.03 bits per heavy atom. The van der Waals surface area contributed by atoms with Crippen LogP contribution in [0.2, 0.25) is 0 Å². The molecular weight excluding hydrogens is 968 g/mol. The van der Waals surface area contributed by atoms with E-state index in [0.29, 0.717) is 61.0 Å². The standard InChI is InChI=1S/C52H59ClF3N10O3PS/c1-31-23-36(53)12-17-41(31)49-48-32(2)33(3)71-51(48)66-34(4)61-62-50(66)44(60-49)25-46(67)58-26-35-27-64(28-35)47(68)29-63-21-18-38(19-22-63)59-43-10-7-11-45-42(43)24-39(65(45)30-52(54,55)56)9-8-20-57-37-13-15-40(16-14-37)70(5,6)69/h7,10-17,23-24,31,35,38,41,44,57,59H,18-22,25-30H2,1-6H3,(H,58,67)/t31?,41?,44-/m0/s1. The number of benzene rings is 2. The Morgan fingerprint density at radius 3 is 2.48 bits per heavy atom. The molecule has 71 heavy (non-hydrogen) atoms. The highest BCUT2D eigenvalue weighted by atomic mass is 35.5. The zero-order chi connectivity index (χ0) is 50.4. The molecule has 2 unspecified atom stereocenters. The second kappa shape index (κ2) is 20.5. The van der Waals surface area contributed by atoms with Crippen LogP contribution in [0.4, 0.5) is 24.5 Å². The summed E-state index contributed by atoms with van der Waals surface area (Å²) in [5.41, 5.74) is 5.36. The molecule has 6 heterocycles. The highest BCUT2D eigenvalue weighted by Gasteiger charge is 2.37. The highest BCUT2D eigenvalue weighted by Crippen LogP contribution is 2.42. The summed E-state index contributed by atoms with van der Waals surface area (Å²) in [5.74, 6) is 7.44. The van der Waals surface area contributed by atoms with E-state index in [1.165, 1.54) is 9.44 Å². The van der Waals surface area contributed by atoms with Crippen molar-refractivity contribution in [2.24, 2.45) is 22.7 Å². The fourth-order valence-corrected chi connectivity index (χ4v) is 12.3. The molecule has 9 rings (SSSR count). The van der Waals surface area contributed by atoms with Gasteiger partial charge in [-0.05, 0) is 113 Å². The maximum absolute atomic E-state index is 13.9. The molecule has 2 aromatic carbocycles. The first kappa shape index (κ1) is 50.3. The maximum Gasteiger partial charge on any atom is 0.406 e. The number of halogens is 4. The lowest BCUT2D eigenvalue weighted by Crippen LogP contribution is -2.56. The first-order valence-corrected chi connectivity index (χ1v) is 27.9. The lowest BCUT2D eigenvalue weighted by Gasteiger charge is -2.41. The number of aliphatic imine (C=N–C) groups is 1. The topological polar surface area (TPSA) is 142 Å². The van der Waals surface area contributed by atoms with Crippen molar-refractivity contribution in [2.45, 2.75) is 71.8 Å². The minimum Gasteiger partial charge on any atom is -0.382 e. The van der Waals surface area contributed by atoms with Gasteiger partial charge in [0.05, 0.1) is 36.4 Å². The molecule has 3 N–H and O–H groups in total. The summed E-state index contributed by atoms with van der Waals surface area (Å²) in [7, 11) is -2.39. The monoisotopic (exact) mass is 1030 g/mol. The van der Waals surface area contributed by atoms with Crippen LogP contribution in [0, 0.1) is 50.4 Å². The van der Waals surface area contributed by atoms with E-state index in [9.17, 15) is 27.3 Å². The average Bonchev–Trinajstić information content (AvgIpc) is 3.91. The van der Waals surface area contributed by atoms with Crippen molar-refractivity contribution in [2.75, 3.05) is 69.8 Å². The Labute approximate surface area is 421 Å². The number of piperidine rings is 1. The number of anilines is 2. The minimum atomic E-state index is -4.45. The summed E-state index contributed by atoms with van der Waals surface area (Å²) in [6, 6.07) is 13.8. The SMILES string of the molecule is Cc1sc2c(c1C)C(C1C=CC(Cl)=CC1C)=N[C@@H](CC(=O)NCC1CN(C(=O)CN3CCC(Nc4cccc5c4cc(C#CCNc4ccc(P(C)(C)=O)cc4)n5CC(F)(F)F)CC3)C1)c1nnc(C)n1-2. The molecule has 0 radical (unpaired) electrons. The third kappa shape index (κ3) is 11.2. The average molecular weight is 1030 g/mol. The lowest BCUT2D eigenvalue weighted by molar-refractivity contribution is -0.140.